The first-order valence-corrected chi connectivity index (χ1v) is 4.72. The highest BCUT2D eigenvalue weighted by atomic mass is 16.6. The van der Waals surface area contributed by atoms with Gasteiger partial charge in [-0.25, -0.2) is 4.98 Å². The van der Waals surface area contributed by atoms with Crippen LogP contribution in [0, 0.1) is 20.2 Å². The maximum atomic E-state index is 10.8. The summed E-state index contributed by atoms with van der Waals surface area (Å²) in [5.41, 5.74) is 10.5. The molecule has 1 aromatic heterocycles. The Hall–Kier alpha value is -2.75. The monoisotopic (exact) mass is 252 g/mol. The second-order valence-corrected chi connectivity index (χ2v) is 3.55. The number of hydrogen-bond acceptors (Lipinski definition) is 8. The van der Waals surface area contributed by atoms with Crippen LogP contribution in [0.3, 0.4) is 0 Å². The number of nitrogens with two attached hydrogens (primary N) is 2. The minimum absolute atomic E-state index is 0.158. The average molecular weight is 252 g/mol. The topological polar surface area (TPSA) is 163 Å². The zero-order valence-electron chi connectivity index (χ0n) is 8.86. The number of nitro groups is 2. The van der Waals surface area contributed by atoms with E-state index >= 15 is 0 Å². The zero-order valence-corrected chi connectivity index (χ0v) is 8.86. The van der Waals surface area contributed by atoms with Crippen LogP contribution in [0.5, 0.6) is 0 Å². The first-order chi connectivity index (χ1) is 8.41. The summed E-state index contributed by atoms with van der Waals surface area (Å²) in [6, 6.07) is -0.0284. The van der Waals surface area contributed by atoms with Crippen LogP contribution in [0.4, 0.5) is 11.5 Å². The third kappa shape index (κ3) is 1.69. The molecule has 0 saturated heterocycles. The number of nitrogens with one attached hydrogen (secondary N) is 1. The van der Waals surface area contributed by atoms with Crippen molar-refractivity contribution in [2.75, 3.05) is 5.32 Å². The van der Waals surface area contributed by atoms with Crippen LogP contribution in [-0.4, -0.2) is 14.8 Å². The van der Waals surface area contributed by atoms with E-state index in [1.54, 1.807) is 0 Å². The van der Waals surface area contributed by atoms with Crippen LogP contribution >= 0.6 is 0 Å². The predicted molar refractivity (Wildman–Crippen MR) is 59.7 cm³/mol. The van der Waals surface area contributed by atoms with Gasteiger partial charge in [0.25, 0.3) is 5.69 Å². The van der Waals surface area contributed by atoms with Crippen LogP contribution in [0.15, 0.2) is 23.8 Å². The summed E-state index contributed by atoms with van der Waals surface area (Å²) >= 11 is 0. The molecule has 5 N–H and O–H groups in total. The Morgan fingerprint density at radius 3 is 2.56 bits per heavy atom. The lowest BCUT2D eigenvalue weighted by Gasteiger charge is -2.20. The van der Waals surface area contributed by atoms with Crippen molar-refractivity contribution in [3.8, 4) is 0 Å². The van der Waals surface area contributed by atoms with Crippen molar-refractivity contribution >= 4 is 11.5 Å². The van der Waals surface area contributed by atoms with Gasteiger partial charge in [0, 0.05) is 11.6 Å². The summed E-state index contributed by atoms with van der Waals surface area (Å²) in [5, 5.41) is 23.9. The molecule has 0 fully saturated rings. The predicted octanol–water partition coefficient (Wildman–Crippen LogP) is -0.180. The standard InChI is InChI=1S/C8H8N6O4/c9-5-4-1-3(13(15)16)2-11-8(4)12-7(10)6(5)14(17)18/h1-2,5H,9-10H2,(H,11,12). The zero-order chi connectivity index (χ0) is 13.4. The summed E-state index contributed by atoms with van der Waals surface area (Å²) in [4.78, 5) is 23.8. The molecule has 10 nitrogen and oxygen atoms in total. The van der Waals surface area contributed by atoms with E-state index in [0.29, 0.717) is 0 Å². The third-order valence-electron chi connectivity index (χ3n) is 2.47. The molecule has 1 aliphatic rings. The lowest BCUT2D eigenvalue weighted by Crippen LogP contribution is -2.31. The molecular formula is C8H8N6O4. The van der Waals surface area contributed by atoms with E-state index in [1.165, 1.54) is 0 Å². The van der Waals surface area contributed by atoms with Gasteiger partial charge in [0.05, 0.1) is 9.85 Å². The van der Waals surface area contributed by atoms with E-state index < -0.39 is 21.6 Å². The molecule has 0 spiro atoms. The summed E-state index contributed by atoms with van der Waals surface area (Å²) in [5.74, 6) is -0.0439. The molecular weight excluding hydrogens is 244 g/mol. The van der Waals surface area contributed by atoms with Crippen LogP contribution < -0.4 is 16.8 Å². The third-order valence-corrected chi connectivity index (χ3v) is 2.47. The van der Waals surface area contributed by atoms with E-state index in [1.807, 2.05) is 0 Å². The van der Waals surface area contributed by atoms with Crippen molar-refractivity contribution in [3.63, 3.8) is 0 Å². The summed E-state index contributed by atoms with van der Waals surface area (Å²) in [6.07, 6.45) is 1.02. The van der Waals surface area contributed by atoms with Gasteiger partial charge < -0.3 is 16.8 Å². The quantitative estimate of drug-likeness (QED) is 0.481. The van der Waals surface area contributed by atoms with E-state index in [2.05, 4.69) is 10.3 Å². The molecule has 94 valence electrons. The van der Waals surface area contributed by atoms with Gasteiger partial charge in [-0.1, -0.05) is 0 Å². The minimum atomic E-state index is -1.16. The highest BCUT2D eigenvalue weighted by molar-refractivity contribution is 5.58. The van der Waals surface area contributed by atoms with E-state index in [0.717, 1.165) is 12.3 Å². The smallest absolute Gasteiger partial charge is 0.307 e. The van der Waals surface area contributed by atoms with Crippen molar-refractivity contribution in [1.29, 1.82) is 0 Å². The number of hydrogen-bond donors (Lipinski definition) is 3. The lowest BCUT2D eigenvalue weighted by molar-refractivity contribution is -0.431. The second-order valence-electron chi connectivity index (χ2n) is 3.55. The van der Waals surface area contributed by atoms with Gasteiger partial charge in [0.1, 0.15) is 18.1 Å². The fourth-order valence-electron chi connectivity index (χ4n) is 1.63. The highest BCUT2D eigenvalue weighted by Gasteiger charge is 2.34. The number of nitrogens with zero attached hydrogens (tertiary/aromatic N) is 3. The molecule has 10 heteroatoms. The molecule has 1 atom stereocenters. The van der Waals surface area contributed by atoms with Gasteiger partial charge in [0.15, 0.2) is 5.82 Å². The van der Waals surface area contributed by atoms with Gasteiger partial charge >= 0.3 is 5.70 Å². The van der Waals surface area contributed by atoms with Crippen molar-refractivity contribution in [3.05, 3.63) is 49.6 Å². The Morgan fingerprint density at radius 1 is 1.33 bits per heavy atom. The molecule has 0 radical (unpaired) electrons. The van der Waals surface area contributed by atoms with E-state index in [9.17, 15) is 20.2 Å². The number of rotatable bonds is 2. The van der Waals surface area contributed by atoms with Crippen LogP contribution in [0.1, 0.15) is 11.6 Å². The molecule has 0 bridgehead atoms. The van der Waals surface area contributed by atoms with Crippen molar-refractivity contribution in [1.82, 2.24) is 4.98 Å². The second kappa shape index (κ2) is 3.92. The molecule has 0 aliphatic carbocycles. The van der Waals surface area contributed by atoms with Gasteiger partial charge in [-0.15, -0.1) is 0 Å². The largest absolute Gasteiger partial charge is 0.380 e. The SMILES string of the molecule is NC1=C([N+](=O)[O-])C(N)c2cc([N+](=O)[O-])cnc2N1. The Labute approximate surface area is 99.6 Å². The number of anilines is 1. The molecule has 1 aromatic rings. The van der Waals surface area contributed by atoms with Gasteiger partial charge in [-0.05, 0) is 0 Å². The van der Waals surface area contributed by atoms with Crippen molar-refractivity contribution < 1.29 is 9.85 Å². The molecule has 2 rings (SSSR count). The fourth-order valence-corrected chi connectivity index (χ4v) is 1.63. The maximum Gasteiger partial charge on any atom is 0.307 e. The Balaban J connectivity index is 2.54. The van der Waals surface area contributed by atoms with Crippen molar-refractivity contribution in [2.24, 2.45) is 11.5 Å². The summed E-state index contributed by atoms with van der Waals surface area (Å²) in [6.45, 7) is 0. The fraction of sp³-hybridized carbons (Fsp3) is 0.125. The summed E-state index contributed by atoms with van der Waals surface area (Å²) < 4.78 is 0. The Morgan fingerprint density at radius 2 is 2.00 bits per heavy atom. The number of aromatic nitrogens is 1. The lowest BCUT2D eigenvalue weighted by atomic mass is 10.0. The Bertz CT molecular complexity index is 583. The molecule has 1 aliphatic heterocycles. The molecule has 0 saturated carbocycles. The van der Waals surface area contributed by atoms with Crippen molar-refractivity contribution in [2.45, 2.75) is 6.04 Å². The molecule has 1 unspecified atom stereocenters. The molecule has 0 amide bonds. The summed E-state index contributed by atoms with van der Waals surface area (Å²) in [7, 11) is 0. The maximum absolute atomic E-state index is 10.8. The number of fused-ring (bicyclic) bond motifs is 1. The average Bonchev–Trinajstić information content (AvgIpc) is 2.27. The first kappa shape index (κ1) is 11.7. The van der Waals surface area contributed by atoms with E-state index in [-0.39, 0.29) is 22.9 Å². The van der Waals surface area contributed by atoms with Gasteiger partial charge in [0.2, 0.25) is 0 Å². The van der Waals surface area contributed by atoms with Crippen LogP contribution in [0.2, 0.25) is 0 Å². The molecule has 18 heavy (non-hydrogen) atoms. The van der Waals surface area contributed by atoms with Crippen LogP contribution in [0.25, 0.3) is 0 Å². The highest BCUT2D eigenvalue weighted by Crippen LogP contribution is 2.33. The first-order valence-electron chi connectivity index (χ1n) is 4.72. The van der Waals surface area contributed by atoms with Crippen LogP contribution in [-0.2, 0) is 0 Å². The Kier molecular flexibility index (Phi) is 2.56. The molecule has 2 heterocycles. The normalized spacial score (nSPS) is 17.9. The van der Waals surface area contributed by atoms with E-state index in [4.69, 9.17) is 11.5 Å². The molecule has 0 aromatic carbocycles. The number of pyridine rings is 1. The minimum Gasteiger partial charge on any atom is -0.380 e. The van der Waals surface area contributed by atoms with Gasteiger partial charge in [-0.2, -0.15) is 0 Å². The van der Waals surface area contributed by atoms with Gasteiger partial charge in [-0.3, -0.25) is 20.2 Å².